The first-order chi connectivity index (χ1) is 71.5. The first kappa shape index (κ1) is 119. The molecule has 0 aliphatic carbocycles. The standard InChI is InChI=1S/C13H20N4O.C12H20N4O2S.C12H20N4.2C12H13NS.C12H13N.C11H16N4O.C11H18N4.C9H10N2O.C8H11F3N2/c1-10(2)12-8-14-13(15-9-12)17-6-4-16(5-7-17)11(3)18;1-10(2)11-8-13-12(14-9-11)15-4-6-16(7-5-15)19(3,17)18;1-10(2)11-8-13-12(14-9-11)16-6-4-15(3)5-7-16;1-9(2)11-3-4-12(14-11)10-5-7-13-8-6-10;1-9(2)12-13-11(8-14-12)10-6-4-3-5-7-10;1-9(2)10-5-3-7-12-11(10)6-4-8-13-12;1-8(2)9-5-13-11(14-6-9)15-4-3-12-10(16)7-15;1-9(2)10-7-13-11(14-8-10)15-5-3-12-4-6-15;1-6(2)7-3-4-8-9(5-7)11-12-10-8;1-5(2)6-4-7(8(9,10)11)12-13(6)3/h8-10H,4-7H2,1-3H3;8-10H,4-7H2,1-3H3;8-10H,4-7H2,1-3H3;2*3-9H,1-2H3;3-9H,1-2H3;5-6,8H,3-4,7H2,1-2H3,(H,12,16);7-9,12H,3-6H2,1-2H3;3-6H,1-2H3;4-5H,1-3H3. The van der Waals surface area contributed by atoms with Crippen molar-refractivity contribution in [2.75, 3.05) is 162 Å². The van der Waals surface area contributed by atoms with E-state index in [1.807, 2.05) is 157 Å². The van der Waals surface area contributed by atoms with Crippen LogP contribution in [0.25, 0.3) is 43.6 Å². The highest BCUT2D eigenvalue weighted by Crippen LogP contribution is 2.34. The second-order valence-corrected chi connectivity index (χ2v) is 44.4. The van der Waals surface area contributed by atoms with Gasteiger partial charge in [0.15, 0.2) is 5.69 Å². The van der Waals surface area contributed by atoms with Gasteiger partial charge in [-0.25, -0.2) is 67.9 Å². The number of anilines is 5. The topological polar surface area (TPSA) is 343 Å². The van der Waals surface area contributed by atoms with Crippen LogP contribution in [-0.2, 0) is 32.8 Å². The number of sulfonamides is 1. The Morgan fingerprint density at radius 2 is 0.887 bits per heavy atom. The molecule has 0 radical (unpaired) electrons. The van der Waals surface area contributed by atoms with Crippen LogP contribution < -0.4 is 35.1 Å². The quantitative estimate of drug-likeness (QED) is 0.0806. The number of nitrogens with one attached hydrogen (secondary N) is 2. The Morgan fingerprint density at radius 3 is 1.30 bits per heavy atom. The molecule has 32 nitrogen and oxygen atoms in total. The van der Waals surface area contributed by atoms with Crippen LogP contribution in [0.15, 0.2) is 200 Å². The number of thiazole rings is 1. The molecule has 5 aliphatic heterocycles. The molecule has 2 N–H and O–H groups in total. The molecule has 38 heteroatoms. The molecule has 19 rings (SSSR count). The number of alkyl halides is 3. The lowest BCUT2D eigenvalue weighted by Crippen LogP contribution is -2.48. The van der Waals surface area contributed by atoms with Crippen LogP contribution in [0, 0.1) is 0 Å². The Balaban J connectivity index is 0.000000171. The van der Waals surface area contributed by atoms with E-state index in [9.17, 15) is 31.2 Å². The van der Waals surface area contributed by atoms with Gasteiger partial charge in [-0.1, -0.05) is 193 Å². The molecule has 5 saturated heterocycles. The van der Waals surface area contributed by atoms with Crippen LogP contribution in [-0.4, -0.2) is 257 Å². The number of amides is 2. The zero-order valence-corrected chi connectivity index (χ0v) is 94.2. The predicted octanol–water partition coefficient (Wildman–Crippen LogP) is 21.0. The van der Waals surface area contributed by atoms with Gasteiger partial charge in [0.2, 0.25) is 51.6 Å². The summed E-state index contributed by atoms with van der Waals surface area (Å²) in [4.78, 5) is 96.7. The number of halogens is 3. The summed E-state index contributed by atoms with van der Waals surface area (Å²) in [7, 11) is 0.588. The predicted molar refractivity (Wildman–Crippen MR) is 601 cm³/mol. The molecule has 5 aliphatic rings. The molecule has 5 fully saturated rings. The summed E-state index contributed by atoms with van der Waals surface area (Å²) >= 11 is 3.61. The number of aryl methyl sites for hydroxylation is 1. The molecule has 14 aromatic rings. The number of pyridine rings is 2. The van der Waals surface area contributed by atoms with Crippen LogP contribution >= 0.6 is 22.7 Å². The van der Waals surface area contributed by atoms with Crippen molar-refractivity contribution < 1.29 is 35.8 Å². The fourth-order valence-electron chi connectivity index (χ4n) is 15.7. The third-order valence-corrected chi connectivity index (χ3v) is 29.3. The van der Waals surface area contributed by atoms with Gasteiger partial charge in [0.25, 0.3) is 0 Å². The average molecular weight is 2110 g/mol. The van der Waals surface area contributed by atoms with E-state index in [0.717, 1.165) is 148 Å². The van der Waals surface area contributed by atoms with Crippen LogP contribution in [0.1, 0.15) is 265 Å². The maximum Gasteiger partial charge on any atom is 0.435 e. The number of rotatable bonds is 18. The molecule has 11 aromatic heterocycles. The molecule has 0 atom stereocenters. The van der Waals surface area contributed by atoms with E-state index < -0.39 is 21.9 Å². The molecule has 2 amide bonds. The fraction of sp³-hybridized carbons (Fsp3) is 0.482. The van der Waals surface area contributed by atoms with Crippen molar-refractivity contribution in [2.24, 2.45) is 7.05 Å². The van der Waals surface area contributed by atoms with E-state index in [1.54, 1.807) is 18.3 Å². The van der Waals surface area contributed by atoms with E-state index in [0.29, 0.717) is 110 Å². The van der Waals surface area contributed by atoms with Gasteiger partial charge >= 0.3 is 6.18 Å². The molecule has 16 heterocycles. The van der Waals surface area contributed by atoms with Crippen molar-refractivity contribution in [1.29, 1.82) is 0 Å². The maximum atomic E-state index is 12.2. The first-order valence-corrected chi connectivity index (χ1v) is 55.4. The van der Waals surface area contributed by atoms with E-state index in [-0.39, 0.29) is 17.7 Å². The molecule has 806 valence electrons. The molecule has 150 heavy (non-hydrogen) atoms. The number of hydrogen-bond acceptors (Lipinski definition) is 30. The van der Waals surface area contributed by atoms with Crippen LogP contribution in [0.5, 0.6) is 0 Å². The van der Waals surface area contributed by atoms with Crippen molar-refractivity contribution in [2.45, 2.75) is 211 Å². The third-order valence-electron chi connectivity index (χ3n) is 25.4. The zero-order valence-electron chi connectivity index (χ0n) is 91.8. The van der Waals surface area contributed by atoms with Gasteiger partial charge in [0, 0.05) is 250 Å². The molecule has 0 unspecified atom stereocenters. The molecule has 3 aromatic carbocycles. The SMILES string of the molecule is CC(=O)N1CCN(c2ncc(C(C)C)cn2)CC1.CC(C)c1cc(C(F)(F)F)nn1C.CC(C)c1ccc(-c2ccncc2)s1.CC(C)c1ccc2nonc2c1.CC(C)c1cccc2ncccc12.CC(C)c1cnc(N2CCN(C)CC2)nc1.CC(C)c1cnc(N2CCN(S(C)(=O)=O)CC2)nc1.CC(C)c1cnc(N2CCNC(=O)C2)nc1.CC(C)c1cnc(N2CCNCC2)nc1.CC(C)c1nc(-c2ccccc2)cs1. The third kappa shape index (κ3) is 37.3. The zero-order chi connectivity index (χ0) is 109. The second kappa shape index (κ2) is 58.5. The lowest BCUT2D eigenvalue weighted by molar-refractivity contribution is -0.141. The minimum atomic E-state index is -4.34. The van der Waals surface area contributed by atoms with Crippen molar-refractivity contribution in [3.63, 3.8) is 0 Å². The highest BCUT2D eigenvalue weighted by molar-refractivity contribution is 7.88. The monoisotopic (exact) mass is 2110 g/mol. The highest BCUT2D eigenvalue weighted by Gasteiger charge is 2.35. The number of piperazine rings is 5. The molecule has 0 spiro atoms. The number of fused-ring (bicyclic) bond motifs is 2. The van der Waals surface area contributed by atoms with E-state index in [2.05, 4.69) is 319 Å². The number of carbonyl (C=O) groups is 2. The molecule has 0 saturated carbocycles. The van der Waals surface area contributed by atoms with Crippen molar-refractivity contribution in [3.05, 3.63) is 255 Å². The van der Waals surface area contributed by atoms with Crippen LogP contribution in [0.3, 0.4) is 0 Å². The van der Waals surface area contributed by atoms with Gasteiger partial charge in [-0.2, -0.15) is 22.6 Å². The van der Waals surface area contributed by atoms with Crippen molar-refractivity contribution >= 4 is 96.2 Å². The summed E-state index contributed by atoms with van der Waals surface area (Å²) in [6, 6.07) is 36.3. The minimum absolute atomic E-state index is 0.0304. The number of carbonyl (C=O) groups excluding carboxylic acids is 2. The van der Waals surface area contributed by atoms with E-state index >= 15 is 0 Å². The normalized spacial score (nSPS) is 14.6. The van der Waals surface area contributed by atoms with Gasteiger partial charge in [-0.15, -0.1) is 22.7 Å². The Labute approximate surface area is 893 Å². The summed E-state index contributed by atoms with van der Waals surface area (Å²) in [6.45, 7) is 59.5. The Hall–Kier alpha value is -12.9. The van der Waals surface area contributed by atoms with Crippen LogP contribution in [0.4, 0.5) is 42.9 Å². The number of benzene rings is 3. The number of thiophene rings is 1. The summed E-state index contributed by atoms with van der Waals surface area (Å²) < 4.78 is 66.7. The molecule has 0 bridgehead atoms. The Kier molecular flexibility index (Phi) is 46.4. The van der Waals surface area contributed by atoms with Crippen molar-refractivity contribution in [3.8, 4) is 21.7 Å². The summed E-state index contributed by atoms with van der Waals surface area (Å²) in [5, 5.41) is 21.6. The van der Waals surface area contributed by atoms with Crippen molar-refractivity contribution in [1.82, 2.24) is 110 Å². The molecular formula is C112H154F3N27O5S3. The number of hydrogen-bond donors (Lipinski definition) is 2. The van der Waals surface area contributed by atoms with Gasteiger partial charge in [0.05, 0.1) is 29.0 Å². The smallest absolute Gasteiger partial charge is 0.353 e. The summed E-state index contributed by atoms with van der Waals surface area (Å²) in [5.41, 5.74) is 14.5. The minimum Gasteiger partial charge on any atom is -0.353 e. The van der Waals surface area contributed by atoms with Gasteiger partial charge in [0.1, 0.15) is 11.0 Å². The van der Waals surface area contributed by atoms with Gasteiger partial charge in [-0.3, -0.25) is 24.2 Å². The maximum absolute atomic E-state index is 12.2. The second-order valence-electron chi connectivity index (χ2n) is 40.5. The van der Waals surface area contributed by atoms with E-state index in [4.69, 9.17) is 0 Å². The summed E-state index contributed by atoms with van der Waals surface area (Å²) in [5.74, 6) is 8.57. The fourth-order valence-corrected chi connectivity index (χ4v) is 18.3. The number of aromatic nitrogens is 17. The first-order valence-electron chi connectivity index (χ1n) is 51.9. The van der Waals surface area contributed by atoms with Gasteiger partial charge in [-0.05, 0) is 170 Å². The van der Waals surface area contributed by atoms with Crippen LogP contribution in [0.2, 0.25) is 0 Å². The largest absolute Gasteiger partial charge is 0.435 e. The lowest BCUT2D eigenvalue weighted by atomic mass is 9.98. The summed E-state index contributed by atoms with van der Waals surface area (Å²) in [6.07, 6.45) is 21.3. The highest BCUT2D eigenvalue weighted by atomic mass is 32.2. The average Bonchev–Trinajstić information content (AvgIpc) is 1.54. The Bertz CT molecular complexity index is 6360. The lowest BCUT2D eigenvalue weighted by Gasteiger charge is -2.34. The number of nitrogens with zero attached hydrogens (tertiary/aromatic N) is 25. The van der Waals surface area contributed by atoms with Gasteiger partial charge < -0.3 is 44.9 Å². The van der Waals surface area contributed by atoms with E-state index in [1.165, 1.54) is 75.8 Å². The number of likely N-dealkylation sites (N-methyl/N-ethyl adjacent to an activating group) is 1. The Morgan fingerprint density at radius 1 is 0.427 bits per heavy atom. The molecular weight excluding hydrogens is 1960 g/mol.